The summed E-state index contributed by atoms with van der Waals surface area (Å²) in [6.45, 7) is 0.814. The predicted molar refractivity (Wildman–Crippen MR) is 92.9 cm³/mol. The first-order valence-corrected chi connectivity index (χ1v) is 7.86. The highest BCUT2D eigenvalue weighted by atomic mass is 79.9. The molecule has 0 heterocycles. The lowest BCUT2D eigenvalue weighted by molar-refractivity contribution is 0.0698. The quantitative estimate of drug-likeness (QED) is 0.703. The molecule has 0 saturated carbocycles. The Balaban J connectivity index is 2.15. The van der Waals surface area contributed by atoms with Crippen molar-refractivity contribution in [3.05, 3.63) is 58.1 Å². The zero-order chi connectivity index (χ0) is 17.5. The van der Waals surface area contributed by atoms with Gasteiger partial charge in [-0.25, -0.2) is 4.79 Å². The van der Waals surface area contributed by atoms with E-state index in [1.54, 1.807) is 37.4 Å². The maximum atomic E-state index is 12.4. The van der Waals surface area contributed by atoms with Crippen LogP contribution in [0.5, 0.6) is 5.75 Å². The topological polar surface area (TPSA) is 84.9 Å². The number of nitrogens with one attached hydrogen (secondary N) is 1. The van der Waals surface area contributed by atoms with E-state index in [0.29, 0.717) is 29.0 Å². The van der Waals surface area contributed by atoms with Crippen LogP contribution in [0, 0.1) is 0 Å². The van der Waals surface area contributed by atoms with Crippen LogP contribution < -0.4 is 10.1 Å². The lowest BCUT2D eigenvalue weighted by atomic mass is 10.1. The third kappa shape index (κ3) is 4.81. The Labute approximate surface area is 147 Å². The lowest BCUT2D eigenvalue weighted by Gasteiger charge is -2.10. The van der Waals surface area contributed by atoms with Crippen LogP contribution >= 0.6 is 15.9 Å². The molecule has 126 valence electrons. The van der Waals surface area contributed by atoms with Crippen LogP contribution in [-0.4, -0.2) is 37.3 Å². The van der Waals surface area contributed by atoms with Crippen molar-refractivity contribution in [2.75, 3.05) is 25.6 Å². The number of carboxylic acid groups (broad SMARTS) is 1. The summed E-state index contributed by atoms with van der Waals surface area (Å²) in [5, 5.41) is 11.8. The molecule has 1 amide bonds. The van der Waals surface area contributed by atoms with Crippen LogP contribution in [0.15, 0.2) is 46.9 Å². The van der Waals surface area contributed by atoms with Gasteiger partial charge in [-0.1, -0.05) is 22.0 Å². The molecule has 0 aliphatic heterocycles. The number of carbonyl (C=O) groups is 2. The van der Waals surface area contributed by atoms with Crippen LogP contribution in [0.2, 0.25) is 0 Å². The molecule has 0 saturated heterocycles. The Morgan fingerprint density at radius 1 is 1.17 bits per heavy atom. The maximum Gasteiger partial charge on any atom is 0.337 e. The lowest BCUT2D eigenvalue weighted by Crippen LogP contribution is -2.15. The number of rotatable bonds is 7. The number of hydrogen-bond donors (Lipinski definition) is 2. The average molecular weight is 394 g/mol. The van der Waals surface area contributed by atoms with Crippen LogP contribution in [0.1, 0.15) is 20.7 Å². The van der Waals surface area contributed by atoms with Crippen molar-refractivity contribution in [2.45, 2.75) is 0 Å². The summed E-state index contributed by atoms with van der Waals surface area (Å²) >= 11 is 3.21. The minimum Gasteiger partial charge on any atom is -0.491 e. The fourth-order valence-electron chi connectivity index (χ4n) is 1.97. The van der Waals surface area contributed by atoms with Gasteiger partial charge in [0, 0.05) is 17.1 Å². The molecule has 2 N–H and O–H groups in total. The molecule has 7 heteroatoms. The number of aromatic carboxylic acids is 1. The number of hydrogen-bond acceptors (Lipinski definition) is 4. The number of methoxy groups -OCH3 is 1. The molecule has 2 aromatic rings. The van der Waals surface area contributed by atoms with Crippen molar-refractivity contribution >= 4 is 33.5 Å². The van der Waals surface area contributed by atoms with Gasteiger partial charge < -0.3 is 19.9 Å². The Morgan fingerprint density at radius 3 is 2.67 bits per heavy atom. The summed E-state index contributed by atoms with van der Waals surface area (Å²) in [4.78, 5) is 23.6. The number of ether oxygens (including phenoxy) is 2. The van der Waals surface area contributed by atoms with E-state index in [0.717, 1.165) is 0 Å². The number of anilines is 1. The molecule has 24 heavy (non-hydrogen) atoms. The van der Waals surface area contributed by atoms with Crippen molar-refractivity contribution < 1.29 is 24.2 Å². The van der Waals surface area contributed by atoms with E-state index in [9.17, 15) is 14.7 Å². The monoisotopic (exact) mass is 393 g/mol. The highest BCUT2D eigenvalue weighted by molar-refractivity contribution is 9.10. The Kier molecular flexibility index (Phi) is 6.34. The number of carbonyl (C=O) groups excluding carboxylic acids is 1. The Morgan fingerprint density at radius 2 is 1.96 bits per heavy atom. The Bertz CT molecular complexity index is 748. The van der Waals surface area contributed by atoms with Crippen LogP contribution in [0.4, 0.5) is 5.69 Å². The van der Waals surface area contributed by atoms with E-state index < -0.39 is 11.9 Å². The van der Waals surface area contributed by atoms with Crippen molar-refractivity contribution in [2.24, 2.45) is 0 Å². The second-order valence-corrected chi connectivity index (χ2v) is 5.73. The third-order valence-corrected chi connectivity index (χ3v) is 3.61. The summed E-state index contributed by atoms with van der Waals surface area (Å²) in [5.41, 5.74) is 0.593. The molecule has 2 rings (SSSR count). The van der Waals surface area contributed by atoms with Gasteiger partial charge in [-0.05, 0) is 36.4 Å². The van der Waals surface area contributed by atoms with Gasteiger partial charge in [-0.3, -0.25) is 4.79 Å². The smallest absolute Gasteiger partial charge is 0.337 e. The second-order valence-electron chi connectivity index (χ2n) is 4.82. The number of carboxylic acids is 1. The van der Waals surface area contributed by atoms with Crippen molar-refractivity contribution in [3.8, 4) is 5.75 Å². The highest BCUT2D eigenvalue weighted by Gasteiger charge is 2.14. The van der Waals surface area contributed by atoms with Crippen molar-refractivity contribution in [1.82, 2.24) is 0 Å². The van der Waals surface area contributed by atoms with Crippen LogP contribution in [0.25, 0.3) is 0 Å². The third-order valence-electron chi connectivity index (χ3n) is 3.11. The molecule has 0 bridgehead atoms. The fraction of sp³-hybridized carbons (Fsp3) is 0.176. The highest BCUT2D eigenvalue weighted by Crippen LogP contribution is 2.22. The maximum absolute atomic E-state index is 12.4. The molecular formula is C17H16BrNO5. The Hall–Kier alpha value is -2.38. The molecule has 0 radical (unpaired) electrons. The molecule has 0 spiro atoms. The molecule has 0 unspecified atom stereocenters. The number of halogens is 1. The van der Waals surface area contributed by atoms with Crippen molar-refractivity contribution in [3.63, 3.8) is 0 Å². The van der Waals surface area contributed by atoms with E-state index in [2.05, 4.69) is 21.2 Å². The van der Waals surface area contributed by atoms with Gasteiger partial charge in [0.15, 0.2) is 0 Å². The van der Waals surface area contributed by atoms with Crippen molar-refractivity contribution in [1.29, 1.82) is 0 Å². The second kappa shape index (κ2) is 8.47. The summed E-state index contributed by atoms with van der Waals surface area (Å²) in [7, 11) is 1.57. The minimum absolute atomic E-state index is 0.00484. The van der Waals surface area contributed by atoms with E-state index in [1.165, 1.54) is 12.1 Å². The average Bonchev–Trinajstić information content (AvgIpc) is 2.57. The first kappa shape index (κ1) is 18.0. The van der Waals surface area contributed by atoms with E-state index in [4.69, 9.17) is 9.47 Å². The molecule has 0 atom stereocenters. The fourth-order valence-corrected chi connectivity index (χ4v) is 2.33. The van der Waals surface area contributed by atoms with Gasteiger partial charge in [0.2, 0.25) is 0 Å². The van der Waals surface area contributed by atoms with Gasteiger partial charge in [0.05, 0.1) is 17.9 Å². The predicted octanol–water partition coefficient (Wildman–Crippen LogP) is 3.42. The molecule has 6 nitrogen and oxygen atoms in total. The van der Waals surface area contributed by atoms with Gasteiger partial charge in [0.25, 0.3) is 5.91 Å². The SMILES string of the molecule is COCCOc1cccc(C(=O)Nc2ccc(Br)cc2C(=O)O)c1. The molecule has 0 fully saturated rings. The molecular weight excluding hydrogens is 378 g/mol. The van der Waals surface area contributed by atoms with Crippen LogP contribution in [-0.2, 0) is 4.74 Å². The summed E-state index contributed by atoms with van der Waals surface area (Å²) in [5.74, 6) is -1.01. The van der Waals surface area contributed by atoms with Crippen LogP contribution in [0.3, 0.4) is 0 Å². The first-order chi connectivity index (χ1) is 11.5. The molecule has 0 aliphatic carbocycles. The minimum atomic E-state index is -1.12. The summed E-state index contributed by atoms with van der Waals surface area (Å²) in [6.07, 6.45) is 0. The van der Waals surface area contributed by atoms with Gasteiger partial charge in [0.1, 0.15) is 12.4 Å². The number of amides is 1. The van der Waals surface area contributed by atoms with E-state index in [1.807, 2.05) is 0 Å². The summed E-state index contributed by atoms with van der Waals surface area (Å²) < 4.78 is 11.0. The van der Waals surface area contributed by atoms with Gasteiger partial charge in [-0.2, -0.15) is 0 Å². The van der Waals surface area contributed by atoms with E-state index in [-0.39, 0.29) is 11.3 Å². The largest absolute Gasteiger partial charge is 0.491 e. The van der Waals surface area contributed by atoms with E-state index >= 15 is 0 Å². The van der Waals surface area contributed by atoms with Gasteiger partial charge in [-0.15, -0.1) is 0 Å². The zero-order valence-corrected chi connectivity index (χ0v) is 14.5. The molecule has 2 aromatic carbocycles. The first-order valence-electron chi connectivity index (χ1n) is 7.07. The normalized spacial score (nSPS) is 10.2. The summed E-state index contributed by atoms with van der Waals surface area (Å²) in [6, 6.07) is 11.3. The van der Waals surface area contributed by atoms with Gasteiger partial charge >= 0.3 is 5.97 Å². The standard InChI is InChI=1S/C17H16BrNO5/c1-23-7-8-24-13-4-2-3-11(9-13)16(20)19-15-6-5-12(18)10-14(15)17(21)22/h2-6,9-10H,7-8H2,1H3,(H,19,20)(H,21,22). The molecule has 0 aromatic heterocycles. The number of benzene rings is 2. The molecule has 0 aliphatic rings. The zero-order valence-electron chi connectivity index (χ0n) is 12.9.